The molecular weight excluding hydrogens is 242 g/mol. The smallest absolute Gasteiger partial charge is 0.0933 e. The topological polar surface area (TPSA) is 52.9 Å². The van der Waals surface area contributed by atoms with Crippen LogP contribution in [0.2, 0.25) is 0 Å². The second-order valence-electron chi connectivity index (χ2n) is 6.76. The van der Waals surface area contributed by atoms with Gasteiger partial charge in [0.25, 0.3) is 0 Å². The summed E-state index contributed by atoms with van der Waals surface area (Å²) in [7, 11) is 0. The molecule has 112 valence electrons. The first-order valence-electron chi connectivity index (χ1n) is 7.66. The van der Waals surface area contributed by atoms with Gasteiger partial charge >= 0.3 is 0 Å². The summed E-state index contributed by atoms with van der Waals surface area (Å²) in [6, 6.07) is 0.380. The Morgan fingerprint density at radius 2 is 1.89 bits per heavy atom. The van der Waals surface area contributed by atoms with Gasteiger partial charge in [-0.15, -0.1) is 0 Å². The molecule has 1 heterocycles. The van der Waals surface area contributed by atoms with Crippen LogP contribution in [-0.2, 0) is 4.74 Å². The van der Waals surface area contributed by atoms with E-state index in [-0.39, 0.29) is 24.7 Å². The van der Waals surface area contributed by atoms with Crippen molar-refractivity contribution in [2.75, 3.05) is 32.9 Å². The van der Waals surface area contributed by atoms with Gasteiger partial charge in [-0.05, 0) is 25.7 Å². The van der Waals surface area contributed by atoms with Crippen LogP contribution in [0.3, 0.4) is 0 Å². The Morgan fingerprint density at radius 1 is 1.21 bits per heavy atom. The van der Waals surface area contributed by atoms with Crippen LogP contribution in [0, 0.1) is 11.3 Å². The van der Waals surface area contributed by atoms with Crippen molar-refractivity contribution in [2.45, 2.75) is 51.7 Å². The molecular formula is C15H29NO3. The first-order valence-corrected chi connectivity index (χ1v) is 7.66. The van der Waals surface area contributed by atoms with E-state index in [9.17, 15) is 10.2 Å². The summed E-state index contributed by atoms with van der Waals surface area (Å²) in [5.41, 5.74) is 0.0676. The maximum atomic E-state index is 9.86. The molecule has 0 amide bonds. The quantitative estimate of drug-likeness (QED) is 0.808. The minimum Gasteiger partial charge on any atom is -0.396 e. The molecule has 0 radical (unpaired) electrons. The Kier molecular flexibility index (Phi) is 5.23. The third-order valence-corrected chi connectivity index (χ3v) is 5.05. The molecule has 4 heteroatoms. The molecule has 4 nitrogen and oxygen atoms in total. The van der Waals surface area contributed by atoms with Gasteiger partial charge in [-0.1, -0.05) is 19.8 Å². The lowest BCUT2D eigenvalue weighted by Gasteiger charge is -2.46. The third kappa shape index (κ3) is 3.69. The van der Waals surface area contributed by atoms with E-state index in [0.717, 1.165) is 31.8 Å². The summed E-state index contributed by atoms with van der Waals surface area (Å²) in [6.45, 7) is 7.26. The van der Waals surface area contributed by atoms with Crippen molar-refractivity contribution < 1.29 is 14.9 Å². The molecule has 1 aliphatic carbocycles. The van der Waals surface area contributed by atoms with Gasteiger partial charge in [0.1, 0.15) is 0 Å². The van der Waals surface area contributed by atoms with Crippen LogP contribution < -0.4 is 0 Å². The van der Waals surface area contributed by atoms with Crippen molar-refractivity contribution >= 4 is 0 Å². The Morgan fingerprint density at radius 3 is 2.47 bits per heavy atom. The van der Waals surface area contributed by atoms with Gasteiger partial charge in [-0.25, -0.2) is 0 Å². The van der Waals surface area contributed by atoms with Crippen molar-refractivity contribution in [1.29, 1.82) is 0 Å². The number of hydrogen-bond donors (Lipinski definition) is 2. The first-order chi connectivity index (χ1) is 9.08. The molecule has 0 aromatic carbocycles. The van der Waals surface area contributed by atoms with Gasteiger partial charge < -0.3 is 14.9 Å². The number of hydrogen-bond acceptors (Lipinski definition) is 4. The average molecular weight is 271 g/mol. The fourth-order valence-electron chi connectivity index (χ4n) is 3.38. The van der Waals surface area contributed by atoms with E-state index < -0.39 is 0 Å². The number of rotatable bonds is 4. The summed E-state index contributed by atoms with van der Waals surface area (Å²) in [4.78, 5) is 2.40. The SMILES string of the molecule is CC1CCC(CO)(CN2CC(CO)OCC2C)CC1. The van der Waals surface area contributed by atoms with Crippen LogP contribution in [0.15, 0.2) is 0 Å². The van der Waals surface area contributed by atoms with Crippen molar-refractivity contribution in [2.24, 2.45) is 11.3 Å². The van der Waals surface area contributed by atoms with Crippen LogP contribution in [-0.4, -0.2) is 60.2 Å². The maximum absolute atomic E-state index is 9.86. The number of aliphatic hydroxyl groups excluding tert-OH is 2. The molecule has 19 heavy (non-hydrogen) atoms. The second kappa shape index (κ2) is 6.53. The van der Waals surface area contributed by atoms with Crippen molar-refractivity contribution in [3.63, 3.8) is 0 Å². The van der Waals surface area contributed by atoms with Crippen molar-refractivity contribution in [3.8, 4) is 0 Å². The molecule has 2 fully saturated rings. The fourth-order valence-corrected chi connectivity index (χ4v) is 3.38. The first kappa shape index (κ1) is 15.2. The largest absolute Gasteiger partial charge is 0.396 e. The summed E-state index contributed by atoms with van der Waals surface area (Å²) >= 11 is 0. The summed E-state index contributed by atoms with van der Waals surface area (Å²) in [5.74, 6) is 0.798. The molecule has 0 bridgehead atoms. The highest BCUT2D eigenvalue weighted by Gasteiger charge is 2.38. The van der Waals surface area contributed by atoms with E-state index in [1.165, 1.54) is 12.8 Å². The van der Waals surface area contributed by atoms with Crippen LogP contribution in [0.1, 0.15) is 39.5 Å². The van der Waals surface area contributed by atoms with Crippen LogP contribution in [0.5, 0.6) is 0 Å². The van der Waals surface area contributed by atoms with Gasteiger partial charge in [-0.3, -0.25) is 4.90 Å². The van der Waals surface area contributed by atoms with Gasteiger partial charge in [0.2, 0.25) is 0 Å². The predicted molar refractivity (Wildman–Crippen MR) is 75.0 cm³/mol. The summed E-state index contributed by atoms with van der Waals surface area (Å²) in [6.07, 6.45) is 4.64. The Bertz CT molecular complexity index is 277. The Labute approximate surface area is 116 Å². The molecule has 1 saturated carbocycles. The lowest BCUT2D eigenvalue weighted by molar-refractivity contribution is -0.0966. The number of morpholine rings is 1. The normalized spacial score (nSPS) is 41.4. The van der Waals surface area contributed by atoms with Crippen LogP contribution >= 0.6 is 0 Å². The predicted octanol–water partition coefficient (Wildman–Crippen LogP) is 1.26. The maximum Gasteiger partial charge on any atom is 0.0933 e. The van der Waals surface area contributed by atoms with E-state index in [4.69, 9.17) is 4.74 Å². The highest BCUT2D eigenvalue weighted by atomic mass is 16.5. The molecule has 2 N–H and O–H groups in total. The minimum atomic E-state index is -0.0607. The molecule has 0 spiro atoms. The lowest BCUT2D eigenvalue weighted by atomic mass is 9.71. The second-order valence-corrected chi connectivity index (χ2v) is 6.76. The molecule has 2 rings (SSSR count). The van der Waals surface area contributed by atoms with E-state index >= 15 is 0 Å². The molecule has 1 aliphatic heterocycles. The molecule has 2 atom stereocenters. The molecule has 0 aromatic rings. The lowest BCUT2D eigenvalue weighted by Crippen LogP contribution is -2.54. The van der Waals surface area contributed by atoms with Crippen molar-refractivity contribution in [1.82, 2.24) is 4.90 Å². The zero-order chi connectivity index (χ0) is 13.9. The monoisotopic (exact) mass is 271 g/mol. The standard InChI is InChI=1S/C15H29NO3/c1-12-3-5-15(11-18,6-4-12)10-16-7-14(8-17)19-9-13(16)2/h12-14,17-18H,3-11H2,1-2H3. The highest BCUT2D eigenvalue weighted by molar-refractivity contribution is 4.90. The summed E-state index contributed by atoms with van der Waals surface area (Å²) < 4.78 is 5.59. The van der Waals surface area contributed by atoms with Gasteiger partial charge in [0.05, 0.1) is 19.3 Å². The molecule has 2 unspecified atom stereocenters. The molecule has 2 aliphatic rings. The van der Waals surface area contributed by atoms with Crippen LogP contribution in [0.25, 0.3) is 0 Å². The van der Waals surface area contributed by atoms with Crippen molar-refractivity contribution in [3.05, 3.63) is 0 Å². The van der Waals surface area contributed by atoms with E-state index in [1.54, 1.807) is 0 Å². The van der Waals surface area contributed by atoms with E-state index in [1.807, 2.05) is 0 Å². The van der Waals surface area contributed by atoms with E-state index in [2.05, 4.69) is 18.7 Å². The van der Waals surface area contributed by atoms with Gasteiger partial charge in [0.15, 0.2) is 0 Å². The highest BCUT2D eigenvalue weighted by Crippen LogP contribution is 2.39. The van der Waals surface area contributed by atoms with Crippen LogP contribution in [0.4, 0.5) is 0 Å². The van der Waals surface area contributed by atoms with E-state index in [0.29, 0.717) is 12.6 Å². The van der Waals surface area contributed by atoms with Gasteiger partial charge in [-0.2, -0.15) is 0 Å². The number of ether oxygens (including phenoxy) is 1. The fraction of sp³-hybridized carbons (Fsp3) is 1.00. The zero-order valence-corrected chi connectivity index (χ0v) is 12.3. The minimum absolute atomic E-state index is 0.0607. The number of nitrogens with zero attached hydrogens (tertiary/aromatic N) is 1. The summed E-state index contributed by atoms with van der Waals surface area (Å²) in [5, 5.41) is 19.1. The molecule has 1 saturated heterocycles. The third-order valence-electron chi connectivity index (χ3n) is 5.05. The Balaban J connectivity index is 1.96. The number of aliphatic hydroxyl groups is 2. The molecule has 0 aromatic heterocycles. The van der Waals surface area contributed by atoms with Gasteiger partial charge in [0, 0.05) is 31.2 Å². The average Bonchev–Trinajstić information content (AvgIpc) is 2.44. The zero-order valence-electron chi connectivity index (χ0n) is 12.3. The Hall–Kier alpha value is -0.160.